The summed E-state index contributed by atoms with van der Waals surface area (Å²) in [5, 5.41) is 31.9. The predicted molar refractivity (Wildman–Crippen MR) is 421 cm³/mol. The summed E-state index contributed by atoms with van der Waals surface area (Å²) in [6, 6.07) is 102. The summed E-state index contributed by atoms with van der Waals surface area (Å²) in [6.07, 6.45) is 5.97. The van der Waals surface area contributed by atoms with Crippen molar-refractivity contribution in [2.45, 2.75) is 47.7 Å². The van der Waals surface area contributed by atoms with Gasteiger partial charge in [0.15, 0.2) is 17.3 Å². The third kappa shape index (κ3) is 33.2. The van der Waals surface area contributed by atoms with Crippen LogP contribution in [-0.4, -0.2) is 56.9 Å². The van der Waals surface area contributed by atoms with Crippen molar-refractivity contribution in [1.29, 1.82) is 0 Å². The maximum atomic E-state index is 12.3. The van der Waals surface area contributed by atoms with E-state index in [1.165, 1.54) is 78.6 Å². The molecule has 586 valence electrons. The summed E-state index contributed by atoms with van der Waals surface area (Å²) in [4.78, 5) is 44.8. The minimum Gasteiger partial charge on any atom is -0.512 e. The number of ketones is 2. The monoisotopic (exact) mass is 2590 g/mol. The predicted octanol–water partition coefficient (Wildman–Crippen LogP) is 23.0. The summed E-state index contributed by atoms with van der Waals surface area (Å²) < 4.78 is 36.8. The van der Waals surface area contributed by atoms with Gasteiger partial charge in [0.25, 0.3) is 0 Å². The molecule has 6 aromatic heterocycles. The first-order valence-electron chi connectivity index (χ1n) is 33.2. The Kier molecular flexibility index (Phi) is 46.4. The van der Waals surface area contributed by atoms with E-state index in [1.54, 1.807) is 48.7 Å². The minimum atomic E-state index is -4.34. The number of benzene rings is 9. The second kappa shape index (κ2) is 52.7. The fraction of sp³-hybridized carbons (Fsp3) is 0.0769. The number of aliphatic hydroxyl groups is 2. The average molecular weight is 2590 g/mol. The van der Waals surface area contributed by atoms with Crippen molar-refractivity contribution >= 4 is 61.2 Å². The van der Waals surface area contributed by atoms with Crippen LogP contribution in [0.1, 0.15) is 44.4 Å². The molecule has 0 saturated heterocycles. The van der Waals surface area contributed by atoms with Gasteiger partial charge in [-0.25, -0.2) is 4.85 Å². The fourth-order valence-corrected chi connectivity index (χ4v) is 10.2. The number of aryl methyl sites for hydroxylation is 2. The molecule has 12 nitrogen and oxygen atoms in total. The Morgan fingerprint density at radius 3 is 1.33 bits per heavy atom. The number of aliphatic hydroxyl groups excluding tert-OH is 2. The first kappa shape index (κ1) is 99.6. The molecule has 0 fully saturated rings. The maximum Gasteiger partial charge on any atom is 0.417 e. The Balaban J connectivity index is 0.000000443. The van der Waals surface area contributed by atoms with Crippen molar-refractivity contribution in [2.24, 2.45) is 0 Å². The molecule has 113 heavy (non-hydrogen) atoms. The largest absolute Gasteiger partial charge is 0.512 e. The number of carbonyl (C=O) groups excluding carboxylic acids is 2. The molecule has 0 aliphatic carbocycles. The van der Waals surface area contributed by atoms with E-state index in [0.717, 1.165) is 79.3 Å². The molecule has 6 heterocycles. The number of alkyl halides is 3. The fourth-order valence-electron chi connectivity index (χ4n) is 10.1. The smallest absolute Gasteiger partial charge is 0.417 e. The van der Waals surface area contributed by atoms with Crippen LogP contribution in [0.3, 0.4) is 0 Å². The van der Waals surface area contributed by atoms with Crippen LogP contribution in [0.5, 0.6) is 0 Å². The molecule has 9 aromatic carbocycles. The van der Waals surface area contributed by atoms with Gasteiger partial charge in [-0.3, -0.25) is 9.59 Å². The number of carbonyl (C=O) groups is 2. The Bertz CT molecular complexity index is 5340. The van der Waals surface area contributed by atoms with Crippen LogP contribution in [-0.2, 0) is 136 Å². The van der Waals surface area contributed by atoms with Gasteiger partial charge in [-0.1, -0.05) is 143 Å². The summed E-state index contributed by atoms with van der Waals surface area (Å²) in [5.41, 5.74) is 13.0. The van der Waals surface area contributed by atoms with E-state index in [0.29, 0.717) is 22.1 Å². The molecule has 2 N–H and O–H groups in total. The molecule has 0 aliphatic heterocycles. The van der Waals surface area contributed by atoms with Gasteiger partial charge in [0, 0.05) is 169 Å². The zero-order valence-corrected chi connectivity index (χ0v) is 76.3. The number of nitrogens with zero attached hydrogens (tertiary/aromatic N) is 8. The number of rotatable bonds is 8. The molecule has 0 bridgehead atoms. The number of halogens is 4. The van der Waals surface area contributed by atoms with Crippen molar-refractivity contribution in [1.82, 2.24) is 35.1 Å². The Morgan fingerprint density at radius 2 is 0.876 bits per heavy atom. The number of pyridine rings is 5. The Labute approximate surface area is 743 Å². The van der Waals surface area contributed by atoms with Crippen LogP contribution in [0.15, 0.2) is 316 Å². The van der Waals surface area contributed by atoms with Gasteiger partial charge >= 0.3 is 6.18 Å². The van der Waals surface area contributed by atoms with Gasteiger partial charge in [-0.15, -0.1) is 207 Å². The van der Waals surface area contributed by atoms with Crippen molar-refractivity contribution < 1.29 is 154 Å². The van der Waals surface area contributed by atoms with E-state index in [9.17, 15) is 22.8 Å². The van der Waals surface area contributed by atoms with Crippen molar-refractivity contribution in [3.63, 3.8) is 0 Å². The van der Waals surface area contributed by atoms with Crippen molar-refractivity contribution in [2.75, 3.05) is 0 Å². The molecule has 15 rings (SSSR count). The molecule has 0 aliphatic rings. The van der Waals surface area contributed by atoms with E-state index in [2.05, 4.69) is 157 Å². The van der Waals surface area contributed by atoms with Crippen LogP contribution in [0.4, 0.5) is 18.9 Å². The molecule has 15 aromatic rings. The number of fused-ring (bicyclic) bond motifs is 3. The van der Waals surface area contributed by atoms with Crippen LogP contribution < -0.4 is 0 Å². The van der Waals surface area contributed by atoms with Gasteiger partial charge in [0.2, 0.25) is 0 Å². The molecule has 22 heteroatoms. The zero-order chi connectivity index (χ0) is 76.3. The molecule has 0 unspecified atom stereocenters. The second-order valence-corrected chi connectivity index (χ2v) is 23.6. The van der Waals surface area contributed by atoms with Crippen LogP contribution in [0, 0.1) is 56.8 Å². The summed E-state index contributed by atoms with van der Waals surface area (Å²) in [6.45, 7) is 16.9. The second-order valence-electron chi connectivity index (χ2n) is 23.2. The first-order chi connectivity index (χ1) is 51.7. The van der Waals surface area contributed by atoms with E-state index >= 15 is 0 Å². The van der Waals surface area contributed by atoms with Crippen LogP contribution in [0.2, 0.25) is 5.15 Å². The standard InChI is InChI=1S/C19H12N.C16H9N2.C12H7F3N.2C12H10N.C10H6ClN2.2C5H8O2.6Ir/c1-2-7-16-13-17(10-9-14(16)5-1)19-18-8-4-3-6-15(18)11-12-20-19;1-17-13-9-10-18-16(11-13)15-8-4-6-12-5-2-3-7-14(12)15;13-12(14,15)10-6-7-11(16-8-10)9-4-2-1-3-5-9;2*1-10-6-5-9-13-12(10)11-7-3-2-4-8-11;11-10-7-6-9(12-13-10)8-4-2-1-3-5-8;2*1-4(6)3-5(2)7;;;;;;/h1-9,11-13H;2-7,9-11H;1-4,6-8H;2*2-7,9H,1H3;1-4,6-7H;2*3,6H,1-2H3;;;;;;/q6*-1;;;;;;;;. The van der Waals surface area contributed by atoms with Gasteiger partial charge < -0.3 is 35.1 Å². The SMILES string of the molecule is CC(=O)C=C(C)O.CC(=O)C=C(C)O.Cc1cccnc1-c1[c-]cccc1.Cc1cccnc1-c1[c-]cccc1.Clc1ccc(-c2[c-]cccc2)nn1.FC(F)(F)c1ccc(-c2[c-]cccc2)nc1.[C-]#[N+]c1ccnc(-c2[c-]ccc3ccccc23)c1.[Ir].[Ir].[Ir].[Ir].[Ir].[Ir].[c-]1cc2ccccc2cc1-c1nccc2ccccc12. The van der Waals surface area contributed by atoms with Crippen LogP contribution >= 0.6 is 11.6 Å². The number of hydrogen-bond acceptors (Lipinski definition) is 11. The zero-order valence-electron chi connectivity index (χ0n) is 61.2. The normalized spacial score (nSPS) is 10.0. The molecule has 0 amide bonds. The molecule has 0 saturated carbocycles. The third-order valence-electron chi connectivity index (χ3n) is 14.9. The van der Waals surface area contributed by atoms with E-state index in [4.69, 9.17) is 28.4 Å². The summed E-state index contributed by atoms with van der Waals surface area (Å²) >= 11 is 5.62. The molecule has 0 atom stereocenters. The molecule has 0 spiro atoms. The molecular weight excluding hydrogens is 2510 g/mol. The van der Waals surface area contributed by atoms with Gasteiger partial charge in [0.05, 0.1) is 23.7 Å². The van der Waals surface area contributed by atoms with Crippen molar-refractivity contribution in [3.8, 4) is 67.5 Å². The van der Waals surface area contributed by atoms with E-state index in [1.807, 2.05) is 158 Å². The quantitative estimate of drug-likeness (QED) is 0.0843. The third-order valence-corrected chi connectivity index (χ3v) is 15.1. The minimum absolute atomic E-state index is 0. The van der Waals surface area contributed by atoms with Gasteiger partial charge in [-0.2, -0.15) is 18.3 Å². The first-order valence-corrected chi connectivity index (χ1v) is 33.6. The van der Waals surface area contributed by atoms with Gasteiger partial charge in [0.1, 0.15) is 5.15 Å². The van der Waals surface area contributed by atoms with E-state index < -0.39 is 11.7 Å². The number of allylic oxidation sites excluding steroid dienone is 4. The maximum absolute atomic E-state index is 12.3. The van der Waals surface area contributed by atoms with Crippen molar-refractivity contribution in [3.05, 3.63) is 385 Å². The summed E-state index contributed by atoms with van der Waals surface area (Å²) in [7, 11) is 0. The topological polar surface area (TPSA) is 169 Å². The Morgan fingerprint density at radius 1 is 0.416 bits per heavy atom. The molecular formula is C91H70ClF3Ir6N8O4-6. The molecule has 6 radical (unpaired) electrons. The van der Waals surface area contributed by atoms with E-state index in [-0.39, 0.29) is 144 Å². The number of hydrogen-bond donors (Lipinski definition) is 2. The average Bonchev–Trinajstić information content (AvgIpc) is 0.799. The van der Waals surface area contributed by atoms with Crippen LogP contribution in [0.25, 0.3) is 105 Å². The van der Waals surface area contributed by atoms with Gasteiger partial charge in [-0.05, 0) is 111 Å². The number of aromatic nitrogens is 7. The Hall–Kier alpha value is -9.52. The summed E-state index contributed by atoms with van der Waals surface area (Å²) in [5.74, 6) is -0.125.